The Hall–Kier alpha value is -1.84. The number of nitrogens with one attached hydrogen (secondary N) is 1. The topological polar surface area (TPSA) is 92.4 Å². The van der Waals surface area contributed by atoms with Crippen molar-refractivity contribution in [2.75, 3.05) is 6.61 Å². The van der Waals surface area contributed by atoms with Crippen LogP contribution >= 0.6 is 11.3 Å². The van der Waals surface area contributed by atoms with Crippen molar-refractivity contribution in [1.82, 2.24) is 5.32 Å². The zero-order valence-corrected chi connectivity index (χ0v) is 12.3. The first-order valence-corrected chi connectivity index (χ1v) is 7.05. The van der Waals surface area contributed by atoms with Crippen LogP contribution in [-0.4, -0.2) is 29.6 Å². The predicted molar refractivity (Wildman–Crippen MR) is 78.4 cm³/mol. The lowest BCUT2D eigenvalue weighted by atomic mass is 10.2. The largest absolute Gasteiger partial charge is 0.395 e. The van der Waals surface area contributed by atoms with Gasteiger partial charge < -0.3 is 16.2 Å². The van der Waals surface area contributed by atoms with Crippen molar-refractivity contribution in [3.8, 4) is 11.8 Å². The fourth-order valence-electron chi connectivity index (χ4n) is 1.56. The van der Waals surface area contributed by atoms with Crippen LogP contribution in [0.25, 0.3) is 0 Å². The van der Waals surface area contributed by atoms with Crippen molar-refractivity contribution in [3.63, 3.8) is 0 Å². The number of primary amides is 1. The molecule has 0 aromatic carbocycles. The Balaban J connectivity index is 2.73. The third kappa shape index (κ3) is 5.03. The quantitative estimate of drug-likeness (QED) is 0.701. The Morgan fingerprint density at radius 3 is 2.85 bits per heavy atom. The maximum absolute atomic E-state index is 12.0. The van der Waals surface area contributed by atoms with Gasteiger partial charge in [-0.2, -0.15) is 0 Å². The Labute approximate surface area is 122 Å². The van der Waals surface area contributed by atoms with Gasteiger partial charge in [0.15, 0.2) is 0 Å². The molecule has 4 N–H and O–H groups in total. The van der Waals surface area contributed by atoms with Crippen LogP contribution in [0.3, 0.4) is 0 Å². The zero-order chi connectivity index (χ0) is 15.1. The molecule has 0 spiro atoms. The second-order valence-corrected chi connectivity index (χ2v) is 5.50. The van der Waals surface area contributed by atoms with Gasteiger partial charge in [-0.3, -0.25) is 9.59 Å². The van der Waals surface area contributed by atoms with Gasteiger partial charge in [-0.15, -0.1) is 11.3 Å². The molecule has 0 saturated heterocycles. The monoisotopic (exact) mass is 294 g/mol. The summed E-state index contributed by atoms with van der Waals surface area (Å²) in [5.41, 5.74) is 6.00. The molecule has 0 fully saturated rings. The molecule has 1 rings (SSSR count). The average Bonchev–Trinajstić information content (AvgIpc) is 2.70. The first kappa shape index (κ1) is 16.2. The molecule has 0 aliphatic carbocycles. The van der Waals surface area contributed by atoms with Gasteiger partial charge in [-0.05, 0) is 25.5 Å². The minimum Gasteiger partial charge on any atom is -0.395 e. The second-order valence-electron chi connectivity index (χ2n) is 4.44. The summed E-state index contributed by atoms with van der Waals surface area (Å²) in [6.07, 6.45) is 0.522. The SMILES string of the molecule is Cc1cc(C(=O)NC(C)CC(N)=O)sc1C#CCCO. The van der Waals surface area contributed by atoms with Crippen molar-refractivity contribution in [2.24, 2.45) is 5.73 Å². The van der Waals surface area contributed by atoms with E-state index in [2.05, 4.69) is 17.2 Å². The molecule has 0 aliphatic heterocycles. The lowest BCUT2D eigenvalue weighted by Crippen LogP contribution is -2.35. The molecule has 0 saturated carbocycles. The molecule has 0 aliphatic rings. The Morgan fingerprint density at radius 1 is 1.55 bits per heavy atom. The molecule has 1 aromatic heterocycles. The van der Waals surface area contributed by atoms with Crippen molar-refractivity contribution < 1.29 is 14.7 Å². The molecule has 0 bridgehead atoms. The van der Waals surface area contributed by atoms with Gasteiger partial charge in [0.25, 0.3) is 5.91 Å². The highest BCUT2D eigenvalue weighted by atomic mass is 32.1. The van der Waals surface area contributed by atoms with Gasteiger partial charge in [-0.1, -0.05) is 11.8 Å². The molecular formula is C14H18N2O3S. The van der Waals surface area contributed by atoms with Gasteiger partial charge in [0.05, 0.1) is 16.4 Å². The van der Waals surface area contributed by atoms with E-state index in [0.717, 1.165) is 10.4 Å². The fourth-order valence-corrected chi connectivity index (χ4v) is 2.51. The minimum atomic E-state index is -0.448. The first-order valence-electron chi connectivity index (χ1n) is 6.23. The van der Waals surface area contributed by atoms with E-state index in [-0.39, 0.29) is 25.0 Å². The highest BCUT2D eigenvalue weighted by Gasteiger charge is 2.15. The minimum absolute atomic E-state index is 0.0232. The smallest absolute Gasteiger partial charge is 0.261 e. The second kappa shape index (κ2) is 7.68. The first-order chi connectivity index (χ1) is 9.43. The lowest BCUT2D eigenvalue weighted by molar-refractivity contribution is -0.118. The Bertz CT molecular complexity index is 555. The number of aliphatic hydroxyl groups is 1. The van der Waals surface area contributed by atoms with E-state index in [1.807, 2.05) is 6.92 Å². The maximum Gasteiger partial charge on any atom is 0.261 e. The zero-order valence-electron chi connectivity index (χ0n) is 11.5. The highest BCUT2D eigenvalue weighted by molar-refractivity contribution is 7.14. The summed E-state index contributed by atoms with van der Waals surface area (Å²) < 4.78 is 0. The standard InChI is InChI=1S/C14H18N2O3S/c1-9-7-12(20-11(9)5-3-4-6-17)14(19)16-10(2)8-13(15)18/h7,10,17H,4,6,8H2,1-2H3,(H2,15,18)(H,16,19). The van der Waals surface area contributed by atoms with Crippen molar-refractivity contribution in [3.05, 3.63) is 21.4 Å². The van der Waals surface area contributed by atoms with Crippen LogP contribution in [0.4, 0.5) is 0 Å². The van der Waals surface area contributed by atoms with Gasteiger partial charge in [0.1, 0.15) is 0 Å². The maximum atomic E-state index is 12.0. The number of hydrogen-bond donors (Lipinski definition) is 3. The fraction of sp³-hybridized carbons (Fsp3) is 0.429. The number of carbonyl (C=O) groups is 2. The molecule has 5 nitrogen and oxygen atoms in total. The van der Waals surface area contributed by atoms with E-state index in [9.17, 15) is 9.59 Å². The number of carbonyl (C=O) groups excluding carboxylic acids is 2. The van der Waals surface area contributed by atoms with Crippen molar-refractivity contribution in [2.45, 2.75) is 32.7 Å². The third-order valence-electron chi connectivity index (χ3n) is 2.47. The van der Waals surface area contributed by atoms with Gasteiger partial charge in [0.2, 0.25) is 5.91 Å². The molecule has 2 amide bonds. The molecule has 1 heterocycles. The van der Waals surface area contributed by atoms with Crippen LogP contribution in [-0.2, 0) is 4.79 Å². The summed E-state index contributed by atoms with van der Waals surface area (Å²) in [7, 11) is 0. The van der Waals surface area contributed by atoms with Crippen molar-refractivity contribution >= 4 is 23.2 Å². The van der Waals surface area contributed by atoms with Gasteiger partial charge in [-0.25, -0.2) is 0 Å². The van der Waals surface area contributed by atoms with Crippen LogP contribution in [0.15, 0.2) is 6.07 Å². The number of thiophene rings is 1. The number of rotatable bonds is 5. The van der Waals surface area contributed by atoms with E-state index in [4.69, 9.17) is 10.8 Å². The van der Waals surface area contributed by atoms with E-state index < -0.39 is 5.91 Å². The lowest BCUT2D eigenvalue weighted by Gasteiger charge is -2.10. The molecule has 6 heteroatoms. The molecule has 1 atom stereocenters. The number of aliphatic hydroxyl groups excluding tert-OH is 1. The summed E-state index contributed by atoms with van der Waals surface area (Å²) in [4.78, 5) is 24.1. The van der Waals surface area contributed by atoms with Crippen molar-refractivity contribution in [1.29, 1.82) is 0 Å². The Kier molecular flexibility index (Phi) is 6.22. The summed E-state index contributed by atoms with van der Waals surface area (Å²) in [6, 6.07) is 1.46. The molecule has 1 aromatic rings. The summed E-state index contributed by atoms with van der Waals surface area (Å²) in [6.45, 7) is 3.63. The van der Waals surface area contributed by atoms with E-state index in [1.54, 1.807) is 13.0 Å². The van der Waals surface area contributed by atoms with Crippen LogP contribution < -0.4 is 11.1 Å². The predicted octanol–water partition coefficient (Wildman–Crippen LogP) is 0.784. The molecule has 108 valence electrons. The van der Waals surface area contributed by atoms with Gasteiger partial charge >= 0.3 is 0 Å². The van der Waals surface area contributed by atoms with E-state index >= 15 is 0 Å². The summed E-state index contributed by atoms with van der Waals surface area (Å²) in [5.74, 6) is 5.08. The van der Waals surface area contributed by atoms with E-state index in [1.165, 1.54) is 11.3 Å². The normalized spacial score (nSPS) is 11.3. The molecule has 1 unspecified atom stereocenters. The summed E-state index contributed by atoms with van der Waals surface area (Å²) >= 11 is 1.30. The van der Waals surface area contributed by atoms with E-state index in [0.29, 0.717) is 11.3 Å². The van der Waals surface area contributed by atoms with Crippen LogP contribution in [0, 0.1) is 18.8 Å². The number of hydrogen-bond acceptors (Lipinski definition) is 4. The number of aryl methyl sites for hydroxylation is 1. The molecule has 0 radical (unpaired) electrons. The number of nitrogens with two attached hydrogens (primary N) is 1. The third-order valence-corrected chi connectivity index (χ3v) is 3.62. The summed E-state index contributed by atoms with van der Waals surface area (Å²) in [5, 5.41) is 11.4. The molecular weight excluding hydrogens is 276 g/mol. The van der Waals surface area contributed by atoms with Gasteiger partial charge in [0, 0.05) is 18.9 Å². The van der Waals surface area contributed by atoms with Crippen LogP contribution in [0.5, 0.6) is 0 Å². The molecule has 20 heavy (non-hydrogen) atoms. The Morgan fingerprint density at radius 2 is 2.25 bits per heavy atom. The average molecular weight is 294 g/mol. The van der Waals surface area contributed by atoms with Crippen LogP contribution in [0.1, 0.15) is 39.9 Å². The van der Waals surface area contributed by atoms with Crippen LogP contribution in [0.2, 0.25) is 0 Å². The highest BCUT2D eigenvalue weighted by Crippen LogP contribution is 2.21. The number of amides is 2.